The average Bonchev–Trinajstić information content (AvgIpc) is 3.04. The van der Waals surface area contributed by atoms with E-state index >= 15 is 0 Å². The normalized spacial score (nSPS) is 10.6. The first-order valence-electron chi connectivity index (χ1n) is 6.87. The van der Waals surface area contributed by atoms with Crippen LogP contribution in [0.1, 0.15) is 16.1 Å². The number of aromatic nitrogens is 1. The topological polar surface area (TPSA) is 52.3 Å². The molecular weight excluding hydrogens is 373 g/mol. The SMILES string of the molecule is O=C(OCc1ccc(-c2cccc(Cl)c2Cl)o1)c1cccnc1Cl. The molecule has 0 saturated carbocycles. The van der Waals surface area contributed by atoms with Crippen LogP contribution in [0.25, 0.3) is 11.3 Å². The van der Waals surface area contributed by atoms with E-state index in [0.29, 0.717) is 27.1 Å². The number of halogens is 3. The van der Waals surface area contributed by atoms with Crippen molar-refractivity contribution in [1.82, 2.24) is 4.98 Å². The number of ether oxygens (including phenoxy) is 1. The molecule has 3 rings (SSSR count). The zero-order valence-electron chi connectivity index (χ0n) is 12.1. The van der Waals surface area contributed by atoms with Crippen molar-refractivity contribution in [3.63, 3.8) is 0 Å². The molecule has 4 nitrogen and oxygen atoms in total. The van der Waals surface area contributed by atoms with Gasteiger partial charge in [0.15, 0.2) is 0 Å². The fraction of sp³-hybridized carbons (Fsp3) is 0.0588. The molecule has 1 aromatic carbocycles. The minimum atomic E-state index is -0.577. The van der Waals surface area contributed by atoms with Gasteiger partial charge in [-0.25, -0.2) is 9.78 Å². The molecule has 0 aliphatic rings. The minimum Gasteiger partial charge on any atom is -0.457 e. The van der Waals surface area contributed by atoms with Crippen molar-refractivity contribution in [3.05, 3.63) is 75.2 Å². The van der Waals surface area contributed by atoms with E-state index in [1.165, 1.54) is 12.3 Å². The minimum absolute atomic E-state index is 0.0394. The van der Waals surface area contributed by atoms with Crippen molar-refractivity contribution in [1.29, 1.82) is 0 Å². The Labute approximate surface area is 152 Å². The van der Waals surface area contributed by atoms with Gasteiger partial charge in [0, 0.05) is 11.8 Å². The highest BCUT2D eigenvalue weighted by atomic mass is 35.5. The van der Waals surface area contributed by atoms with E-state index in [1.807, 2.05) is 0 Å². The predicted molar refractivity (Wildman–Crippen MR) is 92.5 cm³/mol. The number of rotatable bonds is 4. The van der Waals surface area contributed by atoms with Crippen molar-refractivity contribution in [3.8, 4) is 11.3 Å². The molecule has 122 valence electrons. The largest absolute Gasteiger partial charge is 0.457 e. The molecule has 0 fully saturated rings. The molecule has 0 radical (unpaired) electrons. The summed E-state index contributed by atoms with van der Waals surface area (Å²) in [6, 6.07) is 11.8. The summed E-state index contributed by atoms with van der Waals surface area (Å²) in [6.45, 7) is -0.0394. The van der Waals surface area contributed by atoms with E-state index in [9.17, 15) is 4.79 Å². The molecule has 0 N–H and O–H groups in total. The van der Waals surface area contributed by atoms with Crippen LogP contribution in [0, 0.1) is 0 Å². The highest BCUT2D eigenvalue weighted by Crippen LogP contribution is 2.34. The zero-order chi connectivity index (χ0) is 17.1. The third-order valence-corrected chi connectivity index (χ3v) is 4.32. The Morgan fingerprint density at radius 2 is 1.92 bits per heavy atom. The molecule has 0 amide bonds. The molecule has 0 bridgehead atoms. The summed E-state index contributed by atoms with van der Waals surface area (Å²) in [4.78, 5) is 15.8. The molecule has 0 spiro atoms. The van der Waals surface area contributed by atoms with Gasteiger partial charge in [-0.2, -0.15) is 0 Å². The summed E-state index contributed by atoms with van der Waals surface area (Å²) in [5.74, 6) is 0.425. The van der Waals surface area contributed by atoms with E-state index in [4.69, 9.17) is 44.0 Å². The lowest BCUT2D eigenvalue weighted by Gasteiger charge is -2.04. The molecule has 0 unspecified atom stereocenters. The molecule has 0 aliphatic carbocycles. The van der Waals surface area contributed by atoms with Gasteiger partial charge in [-0.1, -0.05) is 40.9 Å². The summed E-state index contributed by atoms with van der Waals surface area (Å²) >= 11 is 18.0. The van der Waals surface area contributed by atoms with Gasteiger partial charge in [0.05, 0.1) is 15.6 Å². The van der Waals surface area contributed by atoms with Gasteiger partial charge in [0.25, 0.3) is 0 Å². The first-order valence-corrected chi connectivity index (χ1v) is 8.00. The molecule has 0 atom stereocenters. The number of hydrogen-bond donors (Lipinski definition) is 0. The highest BCUT2D eigenvalue weighted by Gasteiger charge is 2.15. The van der Waals surface area contributed by atoms with Gasteiger partial charge < -0.3 is 9.15 Å². The maximum atomic E-state index is 12.0. The smallest absolute Gasteiger partial charge is 0.341 e. The molecule has 24 heavy (non-hydrogen) atoms. The van der Waals surface area contributed by atoms with Crippen LogP contribution in [0.15, 0.2) is 53.1 Å². The summed E-state index contributed by atoms with van der Waals surface area (Å²) in [5, 5.41) is 0.928. The number of hydrogen-bond acceptors (Lipinski definition) is 4. The monoisotopic (exact) mass is 381 g/mol. The van der Waals surface area contributed by atoms with E-state index in [0.717, 1.165) is 0 Å². The third-order valence-electron chi connectivity index (χ3n) is 3.20. The summed E-state index contributed by atoms with van der Waals surface area (Å²) in [6.07, 6.45) is 1.49. The number of esters is 1. The fourth-order valence-corrected chi connectivity index (χ4v) is 2.64. The summed E-state index contributed by atoms with van der Waals surface area (Å²) in [5.41, 5.74) is 0.862. The average molecular weight is 383 g/mol. The van der Waals surface area contributed by atoms with Crippen LogP contribution >= 0.6 is 34.8 Å². The first-order chi connectivity index (χ1) is 11.6. The second-order valence-corrected chi connectivity index (χ2v) is 5.93. The van der Waals surface area contributed by atoms with Gasteiger partial charge >= 0.3 is 5.97 Å². The van der Waals surface area contributed by atoms with Crippen LogP contribution < -0.4 is 0 Å². The number of nitrogens with zero attached hydrogens (tertiary/aromatic N) is 1. The number of pyridine rings is 1. The Kier molecular flexibility index (Phi) is 5.09. The molecular formula is C17H10Cl3NO3. The van der Waals surface area contributed by atoms with Crippen LogP contribution in [0.4, 0.5) is 0 Å². The van der Waals surface area contributed by atoms with Gasteiger partial charge in [-0.05, 0) is 36.4 Å². The number of carbonyl (C=O) groups excluding carboxylic acids is 1. The van der Waals surface area contributed by atoms with E-state index in [2.05, 4.69) is 4.98 Å². The molecule has 7 heteroatoms. The van der Waals surface area contributed by atoms with Crippen molar-refractivity contribution in [2.24, 2.45) is 0 Å². The Morgan fingerprint density at radius 3 is 2.71 bits per heavy atom. The van der Waals surface area contributed by atoms with E-state index in [-0.39, 0.29) is 17.3 Å². The summed E-state index contributed by atoms with van der Waals surface area (Å²) < 4.78 is 10.8. The van der Waals surface area contributed by atoms with Gasteiger partial charge in [-0.3, -0.25) is 0 Å². The van der Waals surface area contributed by atoms with Crippen LogP contribution in [-0.2, 0) is 11.3 Å². The van der Waals surface area contributed by atoms with Gasteiger partial charge in [-0.15, -0.1) is 0 Å². The van der Waals surface area contributed by atoms with Crippen LogP contribution in [0.5, 0.6) is 0 Å². The number of carbonyl (C=O) groups is 1. The van der Waals surface area contributed by atoms with Crippen molar-refractivity contribution in [2.75, 3.05) is 0 Å². The highest BCUT2D eigenvalue weighted by molar-refractivity contribution is 6.43. The lowest BCUT2D eigenvalue weighted by molar-refractivity contribution is 0.0446. The number of furan rings is 1. The molecule has 3 aromatic rings. The van der Waals surface area contributed by atoms with Gasteiger partial charge in [0.1, 0.15) is 23.3 Å². The molecule has 2 heterocycles. The zero-order valence-corrected chi connectivity index (χ0v) is 14.4. The molecule has 2 aromatic heterocycles. The van der Waals surface area contributed by atoms with Gasteiger partial charge in [0.2, 0.25) is 0 Å². The number of benzene rings is 1. The summed E-state index contributed by atoms with van der Waals surface area (Å²) in [7, 11) is 0. The van der Waals surface area contributed by atoms with Crippen LogP contribution in [0.2, 0.25) is 15.2 Å². The Morgan fingerprint density at radius 1 is 1.08 bits per heavy atom. The second-order valence-electron chi connectivity index (χ2n) is 4.79. The first kappa shape index (κ1) is 16.8. The van der Waals surface area contributed by atoms with E-state index in [1.54, 1.807) is 36.4 Å². The Bertz CT molecular complexity index is 892. The van der Waals surface area contributed by atoms with Crippen molar-refractivity contribution >= 4 is 40.8 Å². The lowest BCUT2D eigenvalue weighted by Crippen LogP contribution is -2.06. The standard InChI is InChI=1S/C17H10Cl3NO3/c18-13-5-1-3-11(15(13)19)14-7-6-10(24-14)9-23-17(22)12-4-2-8-21-16(12)20/h1-8H,9H2. The Balaban J connectivity index is 1.72. The fourth-order valence-electron chi connectivity index (χ4n) is 2.05. The lowest BCUT2D eigenvalue weighted by atomic mass is 10.2. The Hall–Kier alpha value is -2.01. The quantitative estimate of drug-likeness (QED) is 0.431. The second kappa shape index (κ2) is 7.26. The maximum absolute atomic E-state index is 12.0. The predicted octanol–water partition coefficient (Wildman–Crippen LogP) is 5.66. The van der Waals surface area contributed by atoms with E-state index < -0.39 is 5.97 Å². The molecule has 0 aliphatic heterocycles. The molecule has 0 saturated heterocycles. The van der Waals surface area contributed by atoms with Crippen molar-refractivity contribution < 1.29 is 13.9 Å². The third kappa shape index (κ3) is 3.56. The van der Waals surface area contributed by atoms with Crippen LogP contribution in [0.3, 0.4) is 0 Å². The van der Waals surface area contributed by atoms with Crippen molar-refractivity contribution in [2.45, 2.75) is 6.61 Å². The maximum Gasteiger partial charge on any atom is 0.341 e. The van der Waals surface area contributed by atoms with Crippen LogP contribution in [-0.4, -0.2) is 11.0 Å².